The quantitative estimate of drug-likeness (QED) is 0.767. The van der Waals surface area contributed by atoms with Gasteiger partial charge in [0.05, 0.1) is 14.7 Å². The molecule has 1 aromatic carbocycles. The average molecular weight is 277 g/mol. The Labute approximate surface area is 118 Å². The number of nitrogens with zero attached hydrogens (tertiary/aromatic N) is 1. The van der Waals surface area contributed by atoms with Gasteiger partial charge in [-0.05, 0) is 24.4 Å². The van der Waals surface area contributed by atoms with E-state index >= 15 is 0 Å². The summed E-state index contributed by atoms with van der Waals surface area (Å²) in [6, 6.07) is 9.31. The zero-order chi connectivity index (χ0) is 13.9. The van der Waals surface area contributed by atoms with Crippen LogP contribution in [0.5, 0.6) is 0 Å². The molecule has 1 aliphatic rings. The number of rotatable bonds is 5. The van der Waals surface area contributed by atoms with Crippen LogP contribution in [0.3, 0.4) is 0 Å². The van der Waals surface area contributed by atoms with Crippen molar-refractivity contribution in [1.82, 2.24) is 4.90 Å². The predicted molar refractivity (Wildman–Crippen MR) is 84.7 cm³/mol. The Bertz CT molecular complexity index is 396. The fourth-order valence-corrected chi connectivity index (χ4v) is 3.96. The van der Waals surface area contributed by atoms with Gasteiger partial charge in [-0.1, -0.05) is 49.1 Å². The van der Waals surface area contributed by atoms with E-state index in [1.807, 2.05) is 0 Å². The van der Waals surface area contributed by atoms with Crippen molar-refractivity contribution in [2.75, 3.05) is 26.8 Å². The second-order valence-electron chi connectivity index (χ2n) is 6.79. The SMILES string of the molecule is COCC1CCN(Cc2ccc([Si](C)(C)C)cc2)C1. The second kappa shape index (κ2) is 6.20. The van der Waals surface area contributed by atoms with Gasteiger partial charge in [0.2, 0.25) is 0 Å². The third-order valence-corrected chi connectivity index (χ3v) is 6.06. The molecule has 19 heavy (non-hydrogen) atoms. The number of ether oxygens (including phenoxy) is 1. The van der Waals surface area contributed by atoms with Gasteiger partial charge in [-0.25, -0.2) is 0 Å². The van der Waals surface area contributed by atoms with Crippen molar-refractivity contribution in [3.8, 4) is 0 Å². The van der Waals surface area contributed by atoms with Crippen LogP contribution in [0.4, 0.5) is 0 Å². The molecule has 0 amide bonds. The standard InChI is InChI=1S/C16H27NOSi/c1-18-13-15-9-10-17(12-15)11-14-5-7-16(8-6-14)19(2,3)4/h5-8,15H,9-13H2,1-4H3. The van der Waals surface area contributed by atoms with Gasteiger partial charge in [-0.15, -0.1) is 0 Å². The van der Waals surface area contributed by atoms with E-state index in [0.717, 1.165) is 19.1 Å². The molecule has 0 aliphatic carbocycles. The van der Waals surface area contributed by atoms with Crippen molar-refractivity contribution in [3.63, 3.8) is 0 Å². The first kappa shape index (κ1) is 14.8. The lowest BCUT2D eigenvalue weighted by Crippen LogP contribution is -2.37. The lowest BCUT2D eigenvalue weighted by Gasteiger charge is -2.19. The van der Waals surface area contributed by atoms with E-state index in [1.165, 1.54) is 25.1 Å². The molecule has 1 saturated heterocycles. The molecule has 2 rings (SSSR count). The molecule has 0 radical (unpaired) electrons. The van der Waals surface area contributed by atoms with Gasteiger partial charge < -0.3 is 4.74 Å². The molecule has 1 aromatic rings. The van der Waals surface area contributed by atoms with Gasteiger partial charge in [-0.3, -0.25) is 4.90 Å². The van der Waals surface area contributed by atoms with E-state index in [4.69, 9.17) is 4.74 Å². The summed E-state index contributed by atoms with van der Waals surface area (Å²) in [6.07, 6.45) is 1.28. The molecule has 0 saturated carbocycles. The van der Waals surface area contributed by atoms with E-state index in [0.29, 0.717) is 0 Å². The molecule has 1 aliphatic heterocycles. The van der Waals surface area contributed by atoms with Gasteiger partial charge in [0, 0.05) is 20.2 Å². The van der Waals surface area contributed by atoms with Gasteiger partial charge >= 0.3 is 0 Å². The Morgan fingerprint density at radius 3 is 2.47 bits per heavy atom. The van der Waals surface area contributed by atoms with Crippen LogP contribution in [0.15, 0.2) is 24.3 Å². The first-order valence-corrected chi connectivity index (χ1v) is 10.8. The smallest absolute Gasteiger partial charge is 0.0775 e. The molecule has 0 bridgehead atoms. The Hall–Kier alpha value is -0.643. The van der Waals surface area contributed by atoms with Gasteiger partial charge in [0.1, 0.15) is 0 Å². The van der Waals surface area contributed by atoms with Crippen LogP contribution in [0.1, 0.15) is 12.0 Å². The molecular weight excluding hydrogens is 250 g/mol. The normalized spacial score (nSPS) is 20.9. The van der Waals surface area contributed by atoms with E-state index in [-0.39, 0.29) is 0 Å². The molecule has 2 nitrogen and oxygen atoms in total. The highest BCUT2D eigenvalue weighted by atomic mass is 28.3. The van der Waals surface area contributed by atoms with Crippen molar-refractivity contribution in [1.29, 1.82) is 0 Å². The molecule has 3 heteroatoms. The molecule has 106 valence electrons. The molecule has 1 heterocycles. The highest BCUT2D eigenvalue weighted by Gasteiger charge is 2.22. The van der Waals surface area contributed by atoms with Crippen molar-refractivity contribution < 1.29 is 4.74 Å². The van der Waals surface area contributed by atoms with Gasteiger partial charge in [0.25, 0.3) is 0 Å². The summed E-state index contributed by atoms with van der Waals surface area (Å²) in [5.74, 6) is 0.728. The monoisotopic (exact) mass is 277 g/mol. The van der Waals surface area contributed by atoms with E-state index in [2.05, 4.69) is 48.8 Å². The summed E-state index contributed by atoms with van der Waals surface area (Å²) >= 11 is 0. The van der Waals surface area contributed by atoms with Gasteiger partial charge in [-0.2, -0.15) is 0 Å². The third-order valence-electron chi connectivity index (χ3n) is 4.00. The summed E-state index contributed by atoms with van der Waals surface area (Å²) in [5, 5.41) is 1.55. The summed E-state index contributed by atoms with van der Waals surface area (Å²) in [4.78, 5) is 2.55. The van der Waals surface area contributed by atoms with Crippen molar-refractivity contribution >= 4 is 13.3 Å². The first-order chi connectivity index (χ1) is 8.99. The van der Waals surface area contributed by atoms with Crippen LogP contribution in [0.25, 0.3) is 0 Å². The Kier molecular flexibility index (Phi) is 4.82. The highest BCUT2D eigenvalue weighted by Crippen LogP contribution is 2.18. The number of benzene rings is 1. The fourth-order valence-electron chi connectivity index (χ4n) is 2.80. The molecule has 0 N–H and O–H groups in total. The zero-order valence-corrected chi connectivity index (χ0v) is 13.8. The van der Waals surface area contributed by atoms with Crippen molar-refractivity contribution in [2.45, 2.75) is 32.6 Å². The third kappa shape index (κ3) is 4.16. The van der Waals surface area contributed by atoms with Crippen LogP contribution in [-0.4, -0.2) is 39.8 Å². The zero-order valence-electron chi connectivity index (χ0n) is 12.8. The first-order valence-electron chi connectivity index (χ1n) is 7.30. The Morgan fingerprint density at radius 1 is 1.21 bits per heavy atom. The van der Waals surface area contributed by atoms with E-state index < -0.39 is 8.07 Å². The lowest BCUT2D eigenvalue weighted by atomic mass is 10.1. The summed E-state index contributed by atoms with van der Waals surface area (Å²) < 4.78 is 5.26. The molecule has 0 aromatic heterocycles. The number of methoxy groups -OCH3 is 1. The Morgan fingerprint density at radius 2 is 1.89 bits per heavy atom. The largest absolute Gasteiger partial charge is 0.384 e. The molecule has 1 fully saturated rings. The van der Waals surface area contributed by atoms with Crippen LogP contribution in [-0.2, 0) is 11.3 Å². The highest BCUT2D eigenvalue weighted by molar-refractivity contribution is 6.88. The molecular formula is C16H27NOSi. The summed E-state index contributed by atoms with van der Waals surface area (Å²) in [5.41, 5.74) is 1.44. The van der Waals surface area contributed by atoms with Crippen LogP contribution in [0.2, 0.25) is 19.6 Å². The predicted octanol–water partition coefficient (Wildman–Crippen LogP) is 2.70. The molecule has 1 atom stereocenters. The van der Waals surface area contributed by atoms with Crippen LogP contribution in [0, 0.1) is 5.92 Å². The number of likely N-dealkylation sites (tertiary alicyclic amines) is 1. The number of hydrogen-bond acceptors (Lipinski definition) is 2. The number of hydrogen-bond donors (Lipinski definition) is 0. The molecule has 1 unspecified atom stereocenters. The maximum Gasteiger partial charge on any atom is 0.0775 e. The minimum Gasteiger partial charge on any atom is -0.384 e. The maximum atomic E-state index is 5.26. The topological polar surface area (TPSA) is 12.5 Å². The summed E-state index contributed by atoms with van der Waals surface area (Å²) in [6.45, 7) is 11.6. The van der Waals surface area contributed by atoms with Crippen LogP contribution < -0.4 is 5.19 Å². The van der Waals surface area contributed by atoms with Crippen molar-refractivity contribution in [3.05, 3.63) is 29.8 Å². The second-order valence-corrected chi connectivity index (χ2v) is 11.9. The van der Waals surface area contributed by atoms with E-state index in [1.54, 1.807) is 12.3 Å². The summed E-state index contributed by atoms with van der Waals surface area (Å²) in [7, 11) is 0.651. The lowest BCUT2D eigenvalue weighted by molar-refractivity contribution is 0.152. The van der Waals surface area contributed by atoms with Crippen LogP contribution >= 0.6 is 0 Å². The van der Waals surface area contributed by atoms with Crippen molar-refractivity contribution in [2.24, 2.45) is 5.92 Å². The van der Waals surface area contributed by atoms with E-state index in [9.17, 15) is 0 Å². The minimum absolute atomic E-state index is 0.728. The fraction of sp³-hybridized carbons (Fsp3) is 0.625. The minimum atomic E-state index is -1.15. The van der Waals surface area contributed by atoms with Gasteiger partial charge in [0.15, 0.2) is 0 Å². The average Bonchev–Trinajstić information content (AvgIpc) is 2.77. The molecule has 0 spiro atoms. The Balaban J connectivity index is 1.90. The maximum absolute atomic E-state index is 5.26.